The van der Waals surface area contributed by atoms with Crippen LogP contribution < -0.4 is 0 Å². The van der Waals surface area contributed by atoms with Gasteiger partial charge in [-0.15, -0.1) is 0 Å². The lowest BCUT2D eigenvalue weighted by atomic mass is 9.82. The Kier molecular flexibility index (Phi) is 5.17. The van der Waals surface area contributed by atoms with E-state index in [1.807, 2.05) is 0 Å². The topological polar surface area (TPSA) is 20.3 Å². The fraction of sp³-hybridized carbons (Fsp3) is 0.688. The average Bonchev–Trinajstić information content (AvgIpc) is 2.78. The third kappa shape index (κ3) is 3.46. The fourth-order valence-corrected chi connectivity index (χ4v) is 3.92. The monoisotopic (exact) mass is 279 g/mol. The number of carbonyl (C=O) groups excluding carboxylic acids is 1. The highest BCUT2D eigenvalue weighted by molar-refractivity contribution is 7.07. The number of nitrogens with zero attached hydrogens (tertiary/aromatic N) is 1. The second-order valence-corrected chi connectivity index (χ2v) is 6.68. The zero-order valence-corrected chi connectivity index (χ0v) is 13.0. The van der Waals surface area contributed by atoms with Gasteiger partial charge in [0, 0.05) is 6.42 Å². The van der Waals surface area contributed by atoms with E-state index >= 15 is 0 Å². The van der Waals surface area contributed by atoms with Gasteiger partial charge in [0.1, 0.15) is 0 Å². The van der Waals surface area contributed by atoms with Gasteiger partial charge in [-0.1, -0.05) is 25.7 Å². The minimum atomic E-state index is -0.188. The first-order chi connectivity index (χ1) is 9.15. The van der Waals surface area contributed by atoms with Crippen LogP contribution in [-0.2, 0) is 11.2 Å². The number of aryl methyl sites for hydroxylation is 1. The van der Waals surface area contributed by atoms with Gasteiger partial charge in [0.2, 0.25) is 0 Å². The zero-order chi connectivity index (χ0) is 13.7. The van der Waals surface area contributed by atoms with Crippen molar-refractivity contribution in [2.75, 3.05) is 14.1 Å². The van der Waals surface area contributed by atoms with E-state index in [9.17, 15) is 4.79 Å². The van der Waals surface area contributed by atoms with E-state index < -0.39 is 0 Å². The standard InChI is InChI=1S/C16H25NOS/c1-17(2)16(10-5-3-4-6-11-16)15(18)8-7-14-9-12-19-13-14/h9,12-13H,3-8,10-11H2,1-2H3. The van der Waals surface area contributed by atoms with Crippen LogP contribution in [0.5, 0.6) is 0 Å². The normalized spacial score (nSPS) is 19.3. The molecule has 1 fully saturated rings. The minimum absolute atomic E-state index is 0.188. The van der Waals surface area contributed by atoms with Crippen LogP contribution >= 0.6 is 11.3 Å². The molecule has 2 rings (SSSR count). The van der Waals surface area contributed by atoms with Gasteiger partial charge in [-0.3, -0.25) is 9.69 Å². The van der Waals surface area contributed by atoms with Crippen LogP contribution in [0.4, 0.5) is 0 Å². The molecule has 1 saturated carbocycles. The molecule has 0 amide bonds. The van der Waals surface area contributed by atoms with Crippen LogP contribution in [0.3, 0.4) is 0 Å². The van der Waals surface area contributed by atoms with Gasteiger partial charge >= 0.3 is 0 Å². The van der Waals surface area contributed by atoms with E-state index in [0.29, 0.717) is 12.2 Å². The molecular formula is C16H25NOS. The Labute approximate surface area is 120 Å². The van der Waals surface area contributed by atoms with Crippen molar-refractivity contribution in [3.8, 4) is 0 Å². The summed E-state index contributed by atoms with van der Waals surface area (Å²) in [6, 6.07) is 2.13. The summed E-state index contributed by atoms with van der Waals surface area (Å²) in [6.07, 6.45) is 8.64. The van der Waals surface area contributed by atoms with E-state index in [4.69, 9.17) is 0 Å². The van der Waals surface area contributed by atoms with Gasteiger partial charge in [-0.2, -0.15) is 11.3 Å². The molecule has 0 bridgehead atoms. The van der Waals surface area contributed by atoms with Crippen LogP contribution in [0, 0.1) is 0 Å². The molecule has 1 heterocycles. The van der Waals surface area contributed by atoms with Gasteiger partial charge in [0.15, 0.2) is 5.78 Å². The highest BCUT2D eigenvalue weighted by atomic mass is 32.1. The Morgan fingerprint density at radius 2 is 1.95 bits per heavy atom. The summed E-state index contributed by atoms with van der Waals surface area (Å²) in [5, 5.41) is 4.25. The lowest BCUT2D eigenvalue weighted by molar-refractivity contribution is -0.130. The third-order valence-electron chi connectivity index (χ3n) is 4.53. The average molecular weight is 279 g/mol. The van der Waals surface area contributed by atoms with Crippen molar-refractivity contribution in [2.45, 2.75) is 56.9 Å². The van der Waals surface area contributed by atoms with E-state index in [2.05, 4.69) is 35.8 Å². The molecule has 3 heteroatoms. The molecule has 1 aliphatic rings. The molecule has 0 unspecified atom stereocenters. The summed E-state index contributed by atoms with van der Waals surface area (Å²) >= 11 is 1.71. The highest BCUT2D eigenvalue weighted by Crippen LogP contribution is 2.33. The van der Waals surface area contributed by atoms with Crippen LogP contribution in [0.15, 0.2) is 16.8 Å². The summed E-state index contributed by atoms with van der Waals surface area (Å²) in [5.41, 5.74) is 1.12. The maximum absolute atomic E-state index is 12.8. The Morgan fingerprint density at radius 3 is 2.47 bits per heavy atom. The maximum Gasteiger partial charge on any atom is 0.153 e. The number of ketones is 1. The maximum atomic E-state index is 12.8. The van der Waals surface area contributed by atoms with Crippen molar-refractivity contribution in [2.24, 2.45) is 0 Å². The lowest BCUT2D eigenvalue weighted by Gasteiger charge is -2.38. The summed E-state index contributed by atoms with van der Waals surface area (Å²) in [5.74, 6) is 0.450. The molecule has 106 valence electrons. The van der Waals surface area contributed by atoms with Crippen molar-refractivity contribution in [1.29, 1.82) is 0 Å². The van der Waals surface area contributed by atoms with Gasteiger partial charge in [-0.25, -0.2) is 0 Å². The van der Waals surface area contributed by atoms with Crippen molar-refractivity contribution in [3.63, 3.8) is 0 Å². The SMILES string of the molecule is CN(C)C1(C(=O)CCc2ccsc2)CCCCCC1. The molecule has 2 nitrogen and oxygen atoms in total. The number of thiophene rings is 1. The molecule has 1 aromatic rings. The Morgan fingerprint density at radius 1 is 1.26 bits per heavy atom. The first kappa shape index (κ1) is 14.7. The number of hydrogen-bond donors (Lipinski definition) is 0. The molecule has 0 spiro atoms. The van der Waals surface area contributed by atoms with Crippen molar-refractivity contribution < 1.29 is 4.79 Å². The molecule has 1 aromatic heterocycles. The number of likely N-dealkylation sites (N-methyl/N-ethyl adjacent to an activating group) is 1. The third-order valence-corrected chi connectivity index (χ3v) is 5.26. The predicted molar refractivity (Wildman–Crippen MR) is 81.8 cm³/mol. The number of rotatable bonds is 5. The van der Waals surface area contributed by atoms with Crippen LogP contribution in [0.25, 0.3) is 0 Å². The van der Waals surface area contributed by atoms with E-state index in [1.54, 1.807) is 11.3 Å². The first-order valence-electron chi connectivity index (χ1n) is 7.37. The molecule has 19 heavy (non-hydrogen) atoms. The molecule has 0 aliphatic heterocycles. The zero-order valence-electron chi connectivity index (χ0n) is 12.2. The Bertz CT molecular complexity index is 389. The summed E-state index contributed by atoms with van der Waals surface area (Å²) in [7, 11) is 4.15. The number of carbonyl (C=O) groups is 1. The Hall–Kier alpha value is -0.670. The van der Waals surface area contributed by atoms with Gasteiger partial charge < -0.3 is 0 Å². The molecule has 0 aromatic carbocycles. The second-order valence-electron chi connectivity index (χ2n) is 5.89. The molecule has 0 radical (unpaired) electrons. The molecule has 0 saturated heterocycles. The van der Waals surface area contributed by atoms with Gasteiger partial charge in [0.05, 0.1) is 5.54 Å². The molecular weight excluding hydrogens is 254 g/mol. The number of Topliss-reactive ketones (excluding diaryl/α,β-unsaturated/α-hetero) is 1. The highest BCUT2D eigenvalue weighted by Gasteiger charge is 2.39. The first-order valence-corrected chi connectivity index (χ1v) is 8.31. The predicted octanol–water partition coefficient (Wildman–Crippen LogP) is 3.90. The second kappa shape index (κ2) is 6.67. The fourth-order valence-electron chi connectivity index (χ4n) is 3.21. The quantitative estimate of drug-likeness (QED) is 0.762. The van der Waals surface area contributed by atoms with E-state index in [-0.39, 0.29) is 5.54 Å². The van der Waals surface area contributed by atoms with Crippen molar-refractivity contribution in [3.05, 3.63) is 22.4 Å². The van der Waals surface area contributed by atoms with Gasteiger partial charge in [0.25, 0.3) is 0 Å². The van der Waals surface area contributed by atoms with Crippen LogP contribution in [-0.4, -0.2) is 30.3 Å². The van der Waals surface area contributed by atoms with Crippen LogP contribution in [0.2, 0.25) is 0 Å². The minimum Gasteiger partial charge on any atom is -0.298 e. The van der Waals surface area contributed by atoms with Crippen molar-refractivity contribution >= 4 is 17.1 Å². The largest absolute Gasteiger partial charge is 0.298 e. The molecule has 1 aliphatic carbocycles. The van der Waals surface area contributed by atoms with Crippen LogP contribution in [0.1, 0.15) is 50.5 Å². The molecule has 0 N–H and O–H groups in total. The molecule has 0 atom stereocenters. The smallest absolute Gasteiger partial charge is 0.153 e. The Balaban J connectivity index is 2.03. The lowest BCUT2D eigenvalue weighted by Crippen LogP contribution is -2.50. The summed E-state index contributed by atoms with van der Waals surface area (Å²) < 4.78 is 0. The summed E-state index contributed by atoms with van der Waals surface area (Å²) in [4.78, 5) is 15.0. The van der Waals surface area contributed by atoms with Crippen molar-refractivity contribution in [1.82, 2.24) is 4.90 Å². The number of hydrogen-bond acceptors (Lipinski definition) is 3. The summed E-state index contributed by atoms with van der Waals surface area (Å²) in [6.45, 7) is 0. The van der Waals surface area contributed by atoms with E-state index in [0.717, 1.165) is 19.3 Å². The van der Waals surface area contributed by atoms with Gasteiger partial charge in [-0.05, 0) is 55.7 Å². The van der Waals surface area contributed by atoms with E-state index in [1.165, 1.54) is 31.2 Å².